The van der Waals surface area contributed by atoms with E-state index in [2.05, 4.69) is 33.5 Å². The predicted molar refractivity (Wildman–Crippen MR) is 103 cm³/mol. The van der Waals surface area contributed by atoms with E-state index < -0.39 is 0 Å². The van der Waals surface area contributed by atoms with Gasteiger partial charge in [-0.2, -0.15) is 0 Å². The summed E-state index contributed by atoms with van der Waals surface area (Å²) in [6.45, 7) is 11.3. The Bertz CT molecular complexity index is 579. The van der Waals surface area contributed by atoms with Crippen LogP contribution < -0.4 is 10.6 Å². The molecule has 25 heavy (non-hydrogen) atoms. The molecule has 0 unspecified atom stereocenters. The summed E-state index contributed by atoms with van der Waals surface area (Å²) < 4.78 is 0. The number of piperidine rings is 1. The smallest absolute Gasteiger partial charge is 0.141 e. The van der Waals surface area contributed by atoms with Crippen LogP contribution in [-0.4, -0.2) is 72.0 Å². The van der Waals surface area contributed by atoms with Gasteiger partial charge in [-0.15, -0.1) is 0 Å². The lowest BCUT2D eigenvalue weighted by Gasteiger charge is -2.39. The molecule has 3 rings (SSSR count). The number of nitrogen functional groups attached to an aromatic ring is 1. The van der Waals surface area contributed by atoms with E-state index in [1.54, 1.807) is 6.07 Å². The number of rotatable bonds is 4. The van der Waals surface area contributed by atoms with Crippen molar-refractivity contribution < 1.29 is 0 Å². The zero-order valence-corrected chi connectivity index (χ0v) is 15.6. The SMILES string of the molecule is CC(C)N1CCC(N2CCCN(c3cccc(C(=N)N)n3)CC2)CC1. The number of anilines is 1. The van der Waals surface area contributed by atoms with Crippen molar-refractivity contribution in [2.45, 2.75) is 45.2 Å². The molecule has 2 aliphatic heterocycles. The van der Waals surface area contributed by atoms with E-state index in [0.717, 1.165) is 37.9 Å². The monoisotopic (exact) mass is 344 g/mol. The first kappa shape index (κ1) is 18.1. The van der Waals surface area contributed by atoms with Crippen molar-refractivity contribution in [3.8, 4) is 0 Å². The van der Waals surface area contributed by atoms with Crippen LogP contribution in [0.25, 0.3) is 0 Å². The summed E-state index contributed by atoms with van der Waals surface area (Å²) in [5, 5.41) is 7.59. The summed E-state index contributed by atoms with van der Waals surface area (Å²) in [6, 6.07) is 7.18. The standard InChI is InChI=1S/C19H32N6/c1-15(2)23-11-7-16(8-12-23)24-9-4-10-25(14-13-24)18-6-3-5-17(22-18)19(20)21/h3,5-6,15-16H,4,7-14H2,1-2H3,(H3,20,21). The molecule has 0 spiro atoms. The van der Waals surface area contributed by atoms with Crippen molar-refractivity contribution in [3.63, 3.8) is 0 Å². The van der Waals surface area contributed by atoms with Gasteiger partial charge in [-0.25, -0.2) is 4.98 Å². The summed E-state index contributed by atoms with van der Waals surface area (Å²) in [4.78, 5) is 12.2. The van der Waals surface area contributed by atoms with Gasteiger partial charge in [0.05, 0.1) is 0 Å². The van der Waals surface area contributed by atoms with E-state index in [1.807, 2.05) is 12.1 Å². The number of hydrogen-bond donors (Lipinski definition) is 2. The molecule has 3 heterocycles. The molecule has 0 saturated carbocycles. The molecule has 1 aromatic rings. The van der Waals surface area contributed by atoms with Crippen LogP contribution in [0.1, 0.15) is 38.8 Å². The molecule has 0 atom stereocenters. The largest absolute Gasteiger partial charge is 0.382 e. The maximum absolute atomic E-state index is 7.59. The summed E-state index contributed by atoms with van der Waals surface area (Å²) >= 11 is 0. The minimum atomic E-state index is 0.0372. The van der Waals surface area contributed by atoms with Crippen molar-refractivity contribution in [2.75, 3.05) is 44.2 Å². The molecule has 0 aliphatic carbocycles. The molecular weight excluding hydrogens is 312 g/mol. The van der Waals surface area contributed by atoms with Crippen LogP contribution in [0.3, 0.4) is 0 Å². The van der Waals surface area contributed by atoms with Gasteiger partial charge in [-0.3, -0.25) is 10.3 Å². The van der Waals surface area contributed by atoms with Gasteiger partial charge in [-0.1, -0.05) is 6.07 Å². The maximum atomic E-state index is 7.59. The molecular formula is C19H32N6. The van der Waals surface area contributed by atoms with Crippen LogP contribution in [0.5, 0.6) is 0 Å². The highest BCUT2D eigenvalue weighted by atomic mass is 15.3. The van der Waals surface area contributed by atoms with E-state index in [4.69, 9.17) is 11.1 Å². The highest BCUT2D eigenvalue weighted by Crippen LogP contribution is 2.21. The van der Waals surface area contributed by atoms with Crippen LogP contribution in [0.4, 0.5) is 5.82 Å². The molecule has 138 valence electrons. The molecule has 0 bridgehead atoms. The van der Waals surface area contributed by atoms with Crippen molar-refractivity contribution in [1.29, 1.82) is 5.41 Å². The first-order chi connectivity index (χ1) is 12.0. The molecule has 3 N–H and O–H groups in total. The number of likely N-dealkylation sites (tertiary alicyclic amines) is 1. The van der Waals surface area contributed by atoms with Crippen molar-refractivity contribution in [1.82, 2.24) is 14.8 Å². The third-order valence-corrected chi connectivity index (χ3v) is 5.61. The van der Waals surface area contributed by atoms with Crippen molar-refractivity contribution >= 4 is 11.7 Å². The third-order valence-electron chi connectivity index (χ3n) is 5.61. The van der Waals surface area contributed by atoms with Crippen LogP contribution in [0.2, 0.25) is 0 Å². The summed E-state index contributed by atoms with van der Waals surface area (Å²) in [6.07, 6.45) is 3.74. The fraction of sp³-hybridized carbons (Fsp3) is 0.684. The normalized spacial score (nSPS) is 21.5. The number of pyridine rings is 1. The number of aromatic nitrogens is 1. The maximum Gasteiger partial charge on any atom is 0.141 e. The van der Waals surface area contributed by atoms with Crippen LogP contribution in [0, 0.1) is 5.41 Å². The second-order valence-electron chi connectivity index (χ2n) is 7.53. The predicted octanol–water partition coefficient (Wildman–Crippen LogP) is 1.75. The van der Waals surface area contributed by atoms with E-state index in [1.165, 1.54) is 32.5 Å². The Morgan fingerprint density at radius 3 is 2.56 bits per heavy atom. The van der Waals surface area contributed by atoms with Gasteiger partial charge in [0.15, 0.2) is 0 Å². The Kier molecular flexibility index (Phi) is 5.91. The molecule has 2 aliphatic rings. The summed E-state index contributed by atoms with van der Waals surface area (Å²) in [7, 11) is 0. The number of hydrogen-bond acceptors (Lipinski definition) is 5. The lowest BCUT2D eigenvalue weighted by atomic mass is 10.0. The van der Waals surface area contributed by atoms with Gasteiger partial charge in [0.1, 0.15) is 17.3 Å². The molecule has 2 saturated heterocycles. The van der Waals surface area contributed by atoms with E-state index in [9.17, 15) is 0 Å². The topological polar surface area (TPSA) is 72.5 Å². The molecule has 6 heteroatoms. The zero-order chi connectivity index (χ0) is 17.8. The number of nitrogens with one attached hydrogen (secondary N) is 1. The molecule has 2 fully saturated rings. The Morgan fingerprint density at radius 2 is 1.88 bits per heavy atom. The molecule has 6 nitrogen and oxygen atoms in total. The fourth-order valence-corrected chi connectivity index (χ4v) is 4.05. The molecule has 1 aromatic heterocycles. The highest BCUT2D eigenvalue weighted by molar-refractivity contribution is 5.93. The van der Waals surface area contributed by atoms with Gasteiger partial charge in [0.25, 0.3) is 0 Å². The van der Waals surface area contributed by atoms with Crippen molar-refractivity contribution in [2.24, 2.45) is 5.73 Å². The number of nitrogens with two attached hydrogens (primary N) is 1. The van der Waals surface area contributed by atoms with E-state index >= 15 is 0 Å². The average molecular weight is 345 g/mol. The van der Waals surface area contributed by atoms with Crippen LogP contribution >= 0.6 is 0 Å². The molecule has 0 amide bonds. The third kappa shape index (κ3) is 4.50. The first-order valence-corrected chi connectivity index (χ1v) is 9.59. The van der Waals surface area contributed by atoms with E-state index in [-0.39, 0.29) is 5.84 Å². The van der Waals surface area contributed by atoms with Crippen LogP contribution in [0.15, 0.2) is 18.2 Å². The fourth-order valence-electron chi connectivity index (χ4n) is 4.05. The lowest BCUT2D eigenvalue weighted by molar-refractivity contribution is 0.0965. The first-order valence-electron chi connectivity index (χ1n) is 9.59. The average Bonchev–Trinajstić information content (AvgIpc) is 2.88. The Morgan fingerprint density at radius 1 is 1.12 bits per heavy atom. The van der Waals surface area contributed by atoms with Gasteiger partial charge >= 0.3 is 0 Å². The second kappa shape index (κ2) is 8.15. The summed E-state index contributed by atoms with van der Waals surface area (Å²) in [5.41, 5.74) is 6.15. The minimum Gasteiger partial charge on any atom is -0.382 e. The highest BCUT2D eigenvalue weighted by Gasteiger charge is 2.27. The summed E-state index contributed by atoms with van der Waals surface area (Å²) in [5.74, 6) is 0.986. The Hall–Kier alpha value is -1.66. The quantitative estimate of drug-likeness (QED) is 0.643. The number of nitrogens with zero attached hydrogens (tertiary/aromatic N) is 4. The van der Waals surface area contributed by atoms with E-state index in [0.29, 0.717) is 11.7 Å². The van der Waals surface area contributed by atoms with Gasteiger partial charge in [0, 0.05) is 38.3 Å². The minimum absolute atomic E-state index is 0.0372. The van der Waals surface area contributed by atoms with Crippen molar-refractivity contribution in [3.05, 3.63) is 23.9 Å². The molecule has 0 aromatic carbocycles. The zero-order valence-electron chi connectivity index (χ0n) is 15.6. The van der Waals surface area contributed by atoms with Crippen LogP contribution in [-0.2, 0) is 0 Å². The molecule has 0 radical (unpaired) electrons. The van der Waals surface area contributed by atoms with Gasteiger partial charge in [0.2, 0.25) is 0 Å². The Balaban J connectivity index is 1.58. The number of amidine groups is 1. The van der Waals surface area contributed by atoms with Gasteiger partial charge < -0.3 is 15.5 Å². The lowest BCUT2D eigenvalue weighted by Crippen LogP contribution is -2.47. The van der Waals surface area contributed by atoms with Gasteiger partial charge in [-0.05, 0) is 58.3 Å². The Labute approximate surface area is 151 Å². The second-order valence-corrected chi connectivity index (χ2v) is 7.53.